The Morgan fingerprint density at radius 3 is 2.24 bits per heavy atom. The maximum atomic E-state index is 11.3. The first-order chi connectivity index (χ1) is 13.9. The largest absolute Gasteiger partial charge is 0.478 e. The molecule has 0 aliphatic carbocycles. The highest BCUT2D eigenvalue weighted by atomic mass is 35.5. The summed E-state index contributed by atoms with van der Waals surface area (Å²) in [6.45, 7) is 0. The summed E-state index contributed by atoms with van der Waals surface area (Å²) in [7, 11) is 0. The Morgan fingerprint density at radius 2 is 1.55 bits per heavy atom. The van der Waals surface area contributed by atoms with Gasteiger partial charge in [-0.1, -0.05) is 46.9 Å². The van der Waals surface area contributed by atoms with E-state index < -0.39 is 5.97 Å². The summed E-state index contributed by atoms with van der Waals surface area (Å²) in [5, 5.41) is 10.7. The van der Waals surface area contributed by atoms with Crippen LogP contribution < -0.4 is 0 Å². The average Bonchev–Trinajstić information content (AvgIpc) is 3.16. The average molecular weight is 445 g/mol. The summed E-state index contributed by atoms with van der Waals surface area (Å²) in [4.78, 5) is 15.9. The van der Waals surface area contributed by atoms with E-state index in [9.17, 15) is 9.90 Å². The maximum Gasteiger partial charge on any atom is 0.335 e. The molecule has 1 N–H and O–H groups in total. The van der Waals surface area contributed by atoms with E-state index in [1.165, 1.54) is 12.1 Å². The van der Waals surface area contributed by atoms with Crippen LogP contribution >= 0.6 is 34.8 Å². The van der Waals surface area contributed by atoms with Gasteiger partial charge in [0.05, 0.1) is 15.6 Å². The minimum atomic E-state index is -1.03. The highest BCUT2D eigenvalue weighted by molar-refractivity contribution is 6.42. The molecule has 1 heterocycles. The Labute approximate surface area is 181 Å². The van der Waals surface area contributed by atoms with E-state index in [2.05, 4.69) is 4.98 Å². The smallest absolute Gasteiger partial charge is 0.335 e. The second kappa shape index (κ2) is 7.91. The van der Waals surface area contributed by atoms with Crippen LogP contribution in [0.1, 0.15) is 10.4 Å². The molecule has 4 nitrogen and oxygen atoms in total. The van der Waals surface area contributed by atoms with Crippen LogP contribution in [-0.2, 0) is 0 Å². The number of oxazole rings is 1. The highest BCUT2D eigenvalue weighted by Gasteiger charge is 2.19. The SMILES string of the molecule is O=C(O)c1cccc(-c2nc(-c3ccc(Cl)c(Cl)c3)c(-c3ccc(Cl)cc3)o2)c1. The predicted molar refractivity (Wildman–Crippen MR) is 115 cm³/mol. The molecule has 0 aliphatic rings. The normalized spacial score (nSPS) is 10.9. The zero-order valence-corrected chi connectivity index (χ0v) is 17.0. The van der Waals surface area contributed by atoms with E-state index in [1.807, 2.05) is 12.1 Å². The topological polar surface area (TPSA) is 63.3 Å². The number of benzene rings is 3. The highest BCUT2D eigenvalue weighted by Crippen LogP contribution is 2.38. The van der Waals surface area contributed by atoms with Gasteiger partial charge in [-0.25, -0.2) is 9.78 Å². The summed E-state index contributed by atoms with van der Waals surface area (Å²) in [6.07, 6.45) is 0. The fourth-order valence-electron chi connectivity index (χ4n) is 2.86. The third kappa shape index (κ3) is 4.01. The number of aromatic nitrogens is 1. The van der Waals surface area contributed by atoms with Crippen molar-refractivity contribution in [1.82, 2.24) is 4.98 Å². The van der Waals surface area contributed by atoms with Crippen LogP contribution in [0.5, 0.6) is 0 Å². The molecule has 0 fully saturated rings. The molecule has 0 saturated carbocycles. The molecule has 4 aromatic rings. The van der Waals surface area contributed by atoms with Crippen molar-refractivity contribution in [1.29, 1.82) is 0 Å². The van der Waals surface area contributed by atoms with Gasteiger partial charge in [-0.05, 0) is 54.6 Å². The van der Waals surface area contributed by atoms with E-state index >= 15 is 0 Å². The van der Waals surface area contributed by atoms with Crippen molar-refractivity contribution in [3.63, 3.8) is 0 Å². The number of hydrogen-bond donors (Lipinski definition) is 1. The lowest BCUT2D eigenvalue weighted by molar-refractivity contribution is 0.0697. The van der Waals surface area contributed by atoms with Gasteiger partial charge in [0.15, 0.2) is 5.76 Å². The van der Waals surface area contributed by atoms with Crippen LogP contribution in [0.25, 0.3) is 34.0 Å². The molecule has 0 radical (unpaired) electrons. The van der Waals surface area contributed by atoms with Crippen molar-refractivity contribution in [3.05, 3.63) is 87.4 Å². The second-order valence-corrected chi connectivity index (χ2v) is 7.47. The Balaban J connectivity index is 1.91. The van der Waals surface area contributed by atoms with Crippen molar-refractivity contribution in [2.45, 2.75) is 0 Å². The van der Waals surface area contributed by atoms with Crippen LogP contribution in [0.2, 0.25) is 15.1 Å². The third-order valence-electron chi connectivity index (χ3n) is 4.28. The van der Waals surface area contributed by atoms with E-state index in [4.69, 9.17) is 39.2 Å². The summed E-state index contributed by atoms with van der Waals surface area (Å²) in [6, 6.07) is 18.7. The summed E-state index contributed by atoms with van der Waals surface area (Å²) < 4.78 is 6.06. The van der Waals surface area contributed by atoms with Crippen LogP contribution in [0, 0.1) is 0 Å². The first kappa shape index (κ1) is 19.5. The molecule has 0 spiro atoms. The Bertz CT molecular complexity index is 1220. The van der Waals surface area contributed by atoms with Crippen LogP contribution in [0.3, 0.4) is 0 Å². The van der Waals surface area contributed by atoms with Gasteiger partial charge in [0.2, 0.25) is 5.89 Å². The summed E-state index contributed by atoms with van der Waals surface area (Å²) in [5.41, 5.74) is 2.73. The molecule has 1 aromatic heterocycles. The van der Waals surface area contributed by atoms with Crippen LogP contribution in [-0.4, -0.2) is 16.1 Å². The lowest BCUT2D eigenvalue weighted by Gasteiger charge is -2.03. The predicted octanol–water partition coefficient (Wildman–Crippen LogP) is 7.33. The number of carboxylic acids is 1. The van der Waals surface area contributed by atoms with E-state index in [0.717, 1.165) is 5.56 Å². The zero-order valence-electron chi connectivity index (χ0n) is 14.7. The van der Waals surface area contributed by atoms with Gasteiger partial charge < -0.3 is 9.52 Å². The van der Waals surface area contributed by atoms with Gasteiger partial charge in [-0.15, -0.1) is 0 Å². The maximum absolute atomic E-state index is 11.3. The first-order valence-corrected chi connectivity index (χ1v) is 9.61. The molecule has 4 rings (SSSR count). The molecule has 29 heavy (non-hydrogen) atoms. The second-order valence-electron chi connectivity index (χ2n) is 6.22. The van der Waals surface area contributed by atoms with Gasteiger partial charge in [-0.3, -0.25) is 0 Å². The number of carbonyl (C=O) groups is 1. The number of carboxylic acid groups (broad SMARTS) is 1. The monoisotopic (exact) mass is 443 g/mol. The van der Waals surface area contributed by atoms with E-state index in [-0.39, 0.29) is 5.56 Å². The molecular formula is C22H12Cl3NO3. The Morgan fingerprint density at radius 1 is 0.828 bits per heavy atom. The molecule has 0 unspecified atom stereocenters. The van der Waals surface area contributed by atoms with Crippen molar-refractivity contribution < 1.29 is 14.3 Å². The van der Waals surface area contributed by atoms with Crippen molar-refractivity contribution in [3.8, 4) is 34.0 Å². The number of nitrogens with zero attached hydrogens (tertiary/aromatic N) is 1. The molecule has 0 atom stereocenters. The summed E-state index contributed by atoms with van der Waals surface area (Å²) in [5.74, 6) is -0.226. The number of rotatable bonds is 4. The Hall–Kier alpha value is -2.79. The van der Waals surface area contributed by atoms with E-state index in [0.29, 0.717) is 43.5 Å². The van der Waals surface area contributed by atoms with Gasteiger partial charge in [-0.2, -0.15) is 0 Å². The number of aromatic carboxylic acids is 1. The molecule has 0 amide bonds. The van der Waals surface area contributed by atoms with Crippen LogP contribution in [0.4, 0.5) is 0 Å². The van der Waals surface area contributed by atoms with Crippen molar-refractivity contribution >= 4 is 40.8 Å². The van der Waals surface area contributed by atoms with E-state index in [1.54, 1.807) is 42.5 Å². The molecule has 3 aromatic carbocycles. The van der Waals surface area contributed by atoms with Crippen molar-refractivity contribution in [2.75, 3.05) is 0 Å². The van der Waals surface area contributed by atoms with Crippen molar-refractivity contribution in [2.24, 2.45) is 0 Å². The lowest BCUT2D eigenvalue weighted by Crippen LogP contribution is -1.95. The summed E-state index contributed by atoms with van der Waals surface area (Å²) >= 11 is 18.2. The lowest BCUT2D eigenvalue weighted by atomic mass is 10.1. The number of hydrogen-bond acceptors (Lipinski definition) is 3. The van der Waals surface area contributed by atoms with Gasteiger partial charge in [0, 0.05) is 21.7 Å². The molecule has 0 aliphatic heterocycles. The van der Waals surface area contributed by atoms with Gasteiger partial charge >= 0.3 is 5.97 Å². The quantitative estimate of drug-likeness (QED) is 0.358. The zero-order chi connectivity index (χ0) is 20.5. The first-order valence-electron chi connectivity index (χ1n) is 8.48. The molecule has 0 saturated heterocycles. The number of halogens is 3. The fourth-order valence-corrected chi connectivity index (χ4v) is 3.29. The Kier molecular flexibility index (Phi) is 5.33. The molecular weight excluding hydrogens is 433 g/mol. The molecule has 0 bridgehead atoms. The van der Waals surface area contributed by atoms with Crippen LogP contribution in [0.15, 0.2) is 71.1 Å². The van der Waals surface area contributed by atoms with Gasteiger partial charge in [0.1, 0.15) is 5.69 Å². The minimum absolute atomic E-state index is 0.143. The molecule has 7 heteroatoms. The standard InChI is InChI=1S/C22H12Cl3NO3/c23-16-7-4-12(5-8-16)20-19(13-6-9-17(24)18(25)11-13)26-21(29-20)14-2-1-3-15(10-14)22(27)28/h1-11H,(H,27,28). The minimum Gasteiger partial charge on any atom is -0.478 e. The van der Waals surface area contributed by atoms with Gasteiger partial charge in [0.25, 0.3) is 0 Å². The third-order valence-corrected chi connectivity index (χ3v) is 5.27. The molecule has 144 valence electrons. The fraction of sp³-hybridized carbons (Fsp3) is 0.